The minimum atomic E-state index is -3.15. The van der Waals surface area contributed by atoms with Gasteiger partial charge in [0, 0.05) is 6.54 Å². The van der Waals surface area contributed by atoms with E-state index in [0.29, 0.717) is 13.1 Å². The van der Waals surface area contributed by atoms with Gasteiger partial charge in [-0.3, -0.25) is 0 Å². The Morgan fingerprint density at radius 2 is 1.72 bits per heavy atom. The summed E-state index contributed by atoms with van der Waals surface area (Å²) in [5.74, 6) is 0. The smallest absolute Gasteiger partial charge is 0.214 e. The van der Waals surface area contributed by atoms with Crippen molar-refractivity contribution in [2.75, 3.05) is 13.1 Å². The first-order valence-corrected chi connectivity index (χ1v) is 8.73. The zero-order valence-corrected chi connectivity index (χ0v) is 12.6. The lowest BCUT2D eigenvalue weighted by Gasteiger charge is -2.31. The molecule has 3 N–H and O–H groups in total. The minimum Gasteiger partial charge on any atom is -0.330 e. The van der Waals surface area contributed by atoms with Crippen LogP contribution in [0, 0.1) is 5.41 Å². The summed E-state index contributed by atoms with van der Waals surface area (Å²) in [5.41, 5.74) is 5.72. The molecule has 0 spiro atoms. The van der Waals surface area contributed by atoms with Crippen LogP contribution < -0.4 is 10.5 Å². The van der Waals surface area contributed by atoms with Crippen LogP contribution in [-0.4, -0.2) is 26.8 Å². The molecule has 1 fully saturated rings. The largest absolute Gasteiger partial charge is 0.330 e. The van der Waals surface area contributed by atoms with Crippen molar-refractivity contribution in [3.8, 4) is 0 Å². The molecule has 0 radical (unpaired) electrons. The van der Waals surface area contributed by atoms with Crippen LogP contribution >= 0.6 is 0 Å². The maximum atomic E-state index is 12.2. The van der Waals surface area contributed by atoms with Gasteiger partial charge in [-0.1, -0.05) is 33.1 Å². The van der Waals surface area contributed by atoms with Crippen LogP contribution in [0.1, 0.15) is 58.8 Å². The van der Waals surface area contributed by atoms with Crippen LogP contribution in [-0.2, 0) is 10.0 Å². The summed E-state index contributed by atoms with van der Waals surface area (Å²) >= 11 is 0. The maximum absolute atomic E-state index is 12.2. The first kappa shape index (κ1) is 15.9. The highest BCUT2D eigenvalue weighted by molar-refractivity contribution is 7.90. The molecule has 1 rings (SSSR count). The Morgan fingerprint density at radius 3 is 2.17 bits per heavy atom. The molecule has 0 bridgehead atoms. The highest BCUT2D eigenvalue weighted by Gasteiger charge is 2.31. The molecule has 0 heterocycles. The van der Waals surface area contributed by atoms with E-state index < -0.39 is 10.0 Å². The van der Waals surface area contributed by atoms with E-state index in [1.165, 1.54) is 6.42 Å². The second-order valence-corrected chi connectivity index (χ2v) is 7.58. The van der Waals surface area contributed by atoms with Gasteiger partial charge in [0.1, 0.15) is 0 Å². The predicted octanol–water partition coefficient (Wildman–Crippen LogP) is 2.00. The average Bonchev–Trinajstić information content (AvgIpc) is 2.42. The molecule has 1 saturated carbocycles. The van der Waals surface area contributed by atoms with Gasteiger partial charge in [0.2, 0.25) is 10.0 Å². The molecule has 0 unspecified atom stereocenters. The van der Waals surface area contributed by atoms with Gasteiger partial charge in [0.05, 0.1) is 5.25 Å². The number of sulfonamides is 1. The van der Waals surface area contributed by atoms with Gasteiger partial charge in [-0.2, -0.15) is 0 Å². The van der Waals surface area contributed by atoms with Gasteiger partial charge >= 0.3 is 0 Å². The van der Waals surface area contributed by atoms with Crippen LogP contribution in [0.4, 0.5) is 0 Å². The fraction of sp³-hybridized carbons (Fsp3) is 1.00. The highest BCUT2D eigenvalue weighted by atomic mass is 32.2. The van der Waals surface area contributed by atoms with Gasteiger partial charge in [-0.15, -0.1) is 0 Å². The summed E-state index contributed by atoms with van der Waals surface area (Å²) in [6.07, 6.45) is 6.68. The summed E-state index contributed by atoms with van der Waals surface area (Å²) in [4.78, 5) is 0. The first-order valence-electron chi connectivity index (χ1n) is 7.18. The number of nitrogens with one attached hydrogen (secondary N) is 1. The molecule has 0 aromatic carbocycles. The standard InChI is InChI=1S/C13H28N2O2S/c1-3-13(4-2,10-14)11-15-18(16,17)12-8-6-5-7-9-12/h12,15H,3-11,14H2,1-2H3. The fourth-order valence-electron chi connectivity index (χ4n) is 2.61. The van der Waals surface area contributed by atoms with Crippen molar-refractivity contribution in [1.29, 1.82) is 0 Å². The maximum Gasteiger partial charge on any atom is 0.214 e. The lowest BCUT2D eigenvalue weighted by Crippen LogP contribution is -2.45. The van der Waals surface area contributed by atoms with Crippen molar-refractivity contribution in [1.82, 2.24) is 4.72 Å². The normalized spacial score (nSPS) is 19.1. The predicted molar refractivity (Wildman–Crippen MR) is 75.9 cm³/mol. The Bertz CT molecular complexity index is 323. The molecule has 108 valence electrons. The van der Waals surface area contributed by atoms with E-state index in [1.807, 2.05) is 0 Å². The summed E-state index contributed by atoms with van der Waals surface area (Å²) in [5, 5.41) is -0.185. The summed E-state index contributed by atoms with van der Waals surface area (Å²) in [6, 6.07) is 0. The van der Waals surface area contributed by atoms with Gasteiger partial charge in [0.15, 0.2) is 0 Å². The fourth-order valence-corrected chi connectivity index (χ4v) is 4.30. The van der Waals surface area contributed by atoms with Gasteiger partial charge in [-0.05, 0) is 37.6 Å². The molecule has 0 aliphatic heterocycles. The van der Waals surface area contributed by atoms with Crippen molar-refractivity contribution in [2.45, 2.75) is 64.0 Å². The number of hydrogen-bond acceptors (Lipinski definition) is 3. The lowest BCUT2D eigenvalue weighted by molar-refractivity contribution is 0.274. The van der Waals surface area contributed by atoms with Gasteiger partial charge < -0.3 is 5.73 Å². The molecular weight excluding hydrogens is 248 g/mol. The Morgan fingerprint density at radius 1 is 1.17 bits per heavy atom. The lowest BCUT2D eigenvalue weighted by atomic mass is 9.83. The molecule has 4 nitrogen and oxygen atoms in total. The first-order chi connectivity index (χ1) is 8.49. The molecule has 0 atom stereocenters. The second-order valence-electron chi connectivity index (χ2n) is 5.54. The zero-order chi connectivity index (χ0) is 13.6. The topological polar surface area (TPSA) is 72.2 Å². The Hall–Kier alpha value is -0.130. The van der Waals surface area contributed by atoms with E-state index in [-0.39, 0.29) is 10.7 Å². The molecule has 0 saturated heterocycles. The van der Waals surface area contributed by atoms with Gasteiger partial charge in [-0.25, -0.2) is 13.1 Å². The average molecular weight is 276 g/mol. The zero-order valence-electron chi connectivity index (χ0n) is 11.7. The highest BCUT2D eigenvalue weighted by Crippen LogP contribution is 2.26. The Kier molecular flexibility index (Phi) is 6.08. The third-order valence-electron chi connectivity index (χ3n) is 4.57. The SMILES string of the molecule is CCC(CC)(CN)CNS(=O)(=O)C1CCCCC1. The molecule has 18 heavy (non-hydrogen) atoms. The molecule has 1 aliphatic rings. The Labute approximate surface area is 112 Å². The summed E-state index contributed by atoms with van der Waals surface area (Å²) < 4.78 is 27.3. The second kappa shape index (κ2) is 6.87. The molecule has 0 aromatic rings. The molecule has 1 aliphatic carbocycles. The monoisotopic (exact) mass is 276 g/mol. The van der Waals surface area contributed by atoms with Crippen molar-refractivity contribution in [2.24, 2.45) is 11.1 Å². The summed E-state index contributed by atoms with van der Waals surface area (Å²) in [6.45, 7) is 5.17. The van der Waals surface area contributed by atoms with E-state index in [4.69, 9.17) is 5.73 Å². The molecule has 0 amide bonds. The Balaban J connectivity index is 2.59. The number of nitrogens with two attached hydrogens (primary N) is 1. The number of hydrogen-bond donors (Lipinski definition) is 2. The third kappa shape index (κ3) is 3.93. The number of rotatable bonds is 7. The van der Waals surface area contributed by atoms with Crippen LogP contribution in [0.25, 0.3) is 0 Å². The van der Waals surface area contributed by atoms with E-state index in [2.05, 4.69) is 18.6 Å². The van der Waals surface area contributed by atoms with E-state index in [0.717, 1.165) is 38.5 Å². The van der Waals surface area contributed by atoms with E-state index in [9.17, 15) is 8.42 Å². The molecule has 0 aromatic heterocycles. The van der Waals surface area contributed by atoms with Crippen LogP contribution in [0.3, 0.4) is 0 Å². The van der Waals surface area contributed by atoms with Crippen molar-refractivity contribution in [3.05, 3.63) is 0 Å². The summed E-state index contributed by atoms with van der Waals surface area (Å²) in [7, 11) is -3.15. The van der Waals surface area contributed by atoms with Crippen molar-refractivity contribution in [3.63, 3.8) is 0 Å². The van der Waals surface area contributed by atoms with Gasteiger partial charge in [0.25, 0.3) is 0 Å². The third-order valence-corrected chi connectivity index (χ3v) is 6.47. The van der Waals surface area contributed by atoms with Crippen LogP contribution in [0.2, 0.25) is 0 Å². The van der Waals surface area contributed by atoms with Crippen LogP contribution in [0.15, 0.2) is 0 Å². The van der Waals surface area contributed by atoms with Crippen molar-refractivity contribution >= 4 is 10.0 Å². The van der Waals surface area contributed by atoms with E-state index >= 15 is 0 Å². The van der Waals surface area contributed by atoms with E-state index in [1.54, 1.807) is 0 Å². The molecule has 5 heteroatoms. The quantitative estimate of drug-likeness (QED) is 0.747. The minimum absolute atomic E-state index is 0.0816. The van der Waals surface area contributed by atoms with Crippen LogP contribution in [0.5, 0.6) is 0 Å². The van der Waals surface area contributed by atoms with Crippen molar-refractivity contribution < 1.29 is 8.42 Å². The molecular formula is C13H28N2O2S.